The first kappa shape index (κ1) is 31.7. The van der Waals surface area contributed by atoms with Gasteiger partial charge in [-0.05, 0) is 50.5 Å². The van der Waals surface area contributed by atoms with Gasteiger partial charge in [-0.3, -0.25) is 4.79 Å². The molecule has 230 valence electrons. The van der Waals surface area contributed by atoms with Crippen molar-refractivity contribution in [2.24, 2.45) is 11.7 Å². The lowest BCUT2D eigenvalue weighted by atomic mass is 9.92. The van der Waals surface area contributed by atoms with Crippen molar-refractivity contribution < 1.29 is 9.22 Å². The molecule has 1 amide bonds. The predicted molar refractivity (Wildman–Crippen MR) is 185 cm³/mol. The minimum atomic E-state index is -2.77. The summed E-state index contributed by atoms with van der Waals surface area (Å²) in [4.78, 5) is 16.1. The fraction of sp³-hybridized carbons (Fsp3) is 0.342. The van der Waals surface area contributed by atoms with E-state index in [1.807, 2.05) is 25.2 Å². The smallest absolute Gasteiger partial charge is 0.261 e. The second-order valence-electron chi connectivity index (χ2n) is 13.5. The Morgan fingerprint density at radius 3 is 1.93 bits per heavy atom. The number of likely N-dealkylation sites (N-methyl/N-ethyl adjacent to an activating group) is 1. The van der Waals surface area contributed by atoms with Gasteiger partial charge in [-0.15, -0.1) is 0 Å². The number of rotatable bonds is 8. The van der Waals surface area contributed by atoms with E-state index in [1.165, 1.54) is 15.9 Å². The Kier molecular flexibility index (Phi) is 9.44. The van der Waals surface area contributed by atoms with Crippen molar-refractivity contribution in [3.8, 4) is 0 Å². The van der Waals surface area contributed by atoms with Crippen molar-refractivity contribution in [2.45, 2.75) is 64.2 Å². The van der Waals surface area contributed by atoms with Gasteiger partial charge in [-0.2, -0.15) is 0 Å². The summed E-state index contributed by atoms with van der Waals surface area (Å²) in [7, 11) is -0.740. The number of hydrogen-bond acceptors (Lipinski definition) is 4. The summed E-state index contributed by atoms with van der Waals surface area (Å²) >= 11 is 0. The number of anilines is 1. The van der Waals surface area contributed by atoms with Gasteiger partial charge >= 0.3 is 0 Å². The van der Waals surface area contributed by atoms with Gasteiger partial charge in [0.05, 0.1) is 18.7 Å². The average Bonchev–Trinajstić information content (AvgIpc) is 3.01. The summed E-state index contributed by atoms with van der Waals surface area (Å²) < 4.78 is 7.30. The zero-order valence-corrected chi connectivity index (χ0v) is 28.0. The fourth-order valence-corrected chi connectivity index (χ4v) is 11.5. The molecule has 1 aliphatic heterocycles. The summed E-state index contributed by atoms with van der Waals surface area (Å²) in [5, 5.41) is 5.72. The van der Waals surface area contributed by atoms with Gasteiger partial charge in [0, 0.05) is 12.7 Å². The highest BCUT2D eigenvalue weighted by molar-refractivity contribution is 6.99. The molecule has 0 fully saturated rings. The van der Waals surface area contributed by atoms with E-state index in [0.717, 1.165) is 16.8 Å². The number of nitrogens with zero attached hydrogens (tertiary/aromatic N) is 1. The molecule has 0 unspecified atom stereocenters. The Hall–Kier alpha value is -3.71. The molecule has 3 atom stereocenters. The molecule has 1 aliphatic rings. The molecule has 1 heterocycles. The molecule has 0 aliphatic carbocycles. The minimum absolute atomic E-state index is 0.0296. The van der Waals surface area contributed by atoms with E-state index in [9.17, 15) is 4.79 Å². The molecule has 0 spiro atoms. The van der Waals surface area contributed by atoms with Gasteiger partial charge in [0.1, 0.15) is 6.04 Å². The van der Waals surface area contributed by atoms with Gasteiger partial charge < -0.3 is 20.4 Å². The highest BCUT2D eigenvalue weighted by Crippen LogP contribution is 2.37. The first-order chi connectivity index (χ1) is 21.0. The minimum Gasteiger partial charge on any atom is -0.405 e. The van der Waals surface area contributed by atoms with Crippen LogP contribution in [-0.4, -0.2) is 40.0 Å². The summed E-state index contributed by atoms with van der Waals surface area (Å²) in [6, 6.07) is 37.3. The first-order valence-electron chi connectivity index (χ1n) is 15.7. The first-order valence-corrected chi connectivity index (χ1v) is 17.7. The summed E-state index contributed by atoms with van der Waals surface area (Å²) in [5.41, 5.74) is 11.1. The van der Waals surface area contributed by atoms with E-state index in [1.54, 1.807) is 0 Å². The van der Waals surface area contributed by atoms with Gasteiger partial charge in [-0.25, -0.2) is 0 Å². The number of nitrogens with one attached hydrogen (secondary N) is 1. The monoisotopic (exact) mass is 605 g/mol. The number of benzene rings is 4. The van der Waals surface area contributed by atoms with Crippen molar-refractivity contribution in [1.29, 1.82) is 0 Å². The van der Waals surface area contributed by atoms with Crippen molar-refractivity contribution >= 4 is 30.3 Å². The summed E-state index contributed by atoms with van der Waals surface area (Å²) in [5.74, 6) is 0.137. The third kappa shape index (κ3) is 6.25. The molecule has 0 aromatic heterocycles. The van der Waals surface area contributed by atoms with Crippen LogP contribution in [0.1, 0.15) is 57.4 Å². The maximum absolute atomic E-state index is 13.9. The van der Waals surface area contributed by atoms with Crippen LogP contribution in [0.2, 0.25) is 5.04 Å². The van der Waals surface area contributed by atoms with Crippen LogP contribution >= 0.6 is 0 Å². The molecule has 0 bridgehead atoms. The zero-order valence-electron chi connectivity index (χ0n) is 27.0. The highest BCUT2D eigenvalue weighted by Gasteiger charge is 2.50. The predicted octanol–water partition coefficient (Wildman–Crippen LogP) is 5.81. The highest BCUT2D eigenvalue weighted by atomic mass is 28.4. The van der Waals surface area contributed by atoms with E-state index in [2.05, 4.69) is 136 Å². The molecule has 3 N–H and O–H groups in total. The van der Waals surface area contributed by atoms with Crippen LogP contribution in [-0.2, 0) is 15.6 Å². The van der Waals surface area contributed by atoms with E-state index < -0.39 is 8.32 Å². The van der Waals surface area contributed by atoms with Gasteiger partial charge in [0.2, 0.25) is 5.91 Å². The largest absolute Gasteiger partial charge is 0.405 e. The molecule has 0 saturated carbocycles. The van der Waals surface area contributed by atoms with Crippen LogP contribution in [0.4, 0.5) is 5.69 Å². The maximum atomic E-state index is 13.9. The number of fused-ring (bicyclic) bond motifs is 1. The quantitative estimate of drug-likeness (QED) is 0.249. The maximum Gasteiger partial charge on any atom is 0.261 e. The van der Waals surface area contributed by atoms with Crippen LogP contribution in [0.3, 0.4) is 0 Å². The van der Waals surface area contributed by atoms with E-state index in [0.29, 0.717) is 13.0 Å². The molecule has 5 nitrogen and oxygen atoms in total. The van der Waals surface area contributed by atoms with E-state index >= 15 is 0 Å². The Morgan fingerprint density at radius 1 is 0.864 bits per heavy atom. The number of amides is 1. The Bertz CT molecular complexity index is 1500. The number of carbonyl (C=O) groups excluding carboxylic acids is 1. The lowest BCUT2D eigenvalue weighted by Gasteiger charge is -2.44. The summed E-state index contributed by atoms with van der Waals surface area (Å²) in [6.45, 7) is 11.5. The third-order valence-corrected chi connectivity index (χ3v) is 14.1. The van der Waals surface area contributed by atoms with Crippen molar-refractivity contribution in [1.82, 2.24) is 5.32 Å². The van der Waals surface area contributed by atoms with Crippen LogP contribution < -0.4 is 26.3 Å². The molecule has 0 saturated heterocycles. The SMILES string of the molecule is CC(C)[C@H]1C(=O)N[C@H](CO[Si](c2ccccc2)(c2ccccc2)C(C)(C)C)Cc2ccc([C@H](N)c3ccccc3)cc2N1C. The molecule has 5 rings (SSSR count). The fourth-order valence-electron chi connectivity index (χ4n) is 6.89. The molecular weight excluding hydrogens is 559 g/mol. The molecule has 0 radical (unpaired) electrons. The molecular formula is C38H47N3O2Si. The van der Waals surface area contributed by atoms with Gasteiger partial charge in [0.25, 0.3) is 8.32 Å². The second-order valence-corrected chi connectivity index (χ2v) is 17.8. The van der Waals surface area contributed by atoms with E-state index in [-0.39, 0.29) is 35.0 Å². The van der Waals surface area contributed by atoms with Gasteiger partial charge in [-0.1, -0.05) is 138 Å². The lowest BCUT2D eigenvalue weighted by molar-refractivity contribution is -0.124. The summed E-state index contributed by atoms with van der Waals surface area (Å²) in [6.07, 6.45) is 0.662. The van der Waals surface area contributed by atoms with Crippen molar-refractivity contribution in [3.63, 3.8) is 0 Å². The Morgan fingerprint density at radius 2 is 1.41 bits per heavy atom. The van der Waals surface area contributed by atoms with Gasteiger partial charge in [0.15, 0.2) is 0 Å². The van der Waals surface area contributed by atoms with E-state index in [4.69, 9.17) is 10.2 Å². The zero-order chi connectivity index (χ0) is 31.5. The Labute approximate surface area is 264 Å². The second kappa shape index (κ2) is 13.1. The molecule has 4 aromatic carbocycles. The van der Waals surface area contributed by atoms with Crippen LogP contribution in [0.5, 0.6) is 0 Å². The number of carbonyl (C=O) groups is 1. The Balaban J connectivity index is 1.54. The number of nitrogens with two attached hydrogens (primary N) is 1. The van der Waals surface area contributed by atoms with Crippen LogP contribution in [0.25, 0.3) is 0 Å². The standard InChI is InChI=1S/C38H47N3O2Si/c1-27(2)36-37(42)40-31(24-29-22-23-30(25-34(29)41(36)6)35(39)28-16-10-7-11-17-28)26-43-44(38(3,4)5,32-18-12-8-13-19-32)33-20-14-9-15-21-33/h7-23,25,27,31,35-36H,24,26,39H2,1-6H3,(H,40,42)/t31-,35+,36-/m0/s1. The van der Waals surface area contributed by atoms with Crippen LogP contribution in [0, 0.1) is 5.92 Å². The third-order valence-electron chi connectivity index (χ3n) is 9.06. The normalized spacial score (nSPS) is 18.3. The van der Waals surface area contributed by atoms with Crippen LogP contribution in [0.15, 0.2) is 109 Å². The molecule has 44 heavy (non-hydrogen) atoms. The number of hydrogen-bond donors (Lipinski definition) is 2. The average molecular weight is 606 g/mol. The lowest BCUT2D eigenvalue weighted by Crippen LogP contribution is -2.67. The molecule has 6 heteroatoms. The van der Waals surface area contributed by atoms with Crippen molar-refractivity contribution in [3.05, 3.63) is 126 Å². The topological polar surface area (TPSA) is 67.6 Å². The molecule has 4 aromatic rings. The van der Waals surface area contributed by atoms with Crippen molar-refractivity contribution in [2.75, 3.05) is 18.6 Å².